The molecule has 0 fully saturated rings. The molecule has 2 aromatic rings. The number of amides is 1. The Morgan fingerprint density at radius 1 is 1.04 bits per heavy atom. The minimum atomic E-state index is -4.44. The van der Waals surface area contributed by atoms with Gasteiger partial charge in [0.1, 0.15) is 5.82 Å². The SMILES string of the molecule is O=C(Cc1ccc(F)cc1)NC[C@@H](O)c1ccc(C(F)(F)F)cc1. The Kier molecular flexibility index (Phi) is 5.56. The van der Waals surface area contributed by atoms with Gasteiger partial charge >= 0.3 is 6.18 Å². The van der Waals surface area contributed by atoms with Crippen LogP contribution < -0.4 is 5.32 Å². The zero-order valence-electron chi connectivity index (χ0n) is 12.5. The summed E-state index contributed by atoms with van der Waals surface area (Å²) in [6.45, 7) is -0.134. The fourth-order valence-corrected chi connectivity index (χ4v) is 2.07. The highest BCUT2D eigenvalue weighted by Crippen LogP contribution is 2.29. The van der Waals surface area contributed by atoms with E-state index in [1.807, 2.05) is 0 Å². The highest BCUT2D eigenvalue weighted by Gasteiger charge is 2.30. The van der Waals surface area contributed by atoms with Gasteiger partial charge in [-0.1, -0.05) is 24.3 Å². The molecule has 1 atom stereocenters. The summed E-state index contributed by atoms with van der Waals surface area (Å²) in [7, 11) is 0. The molecule has 2 aromatic carbocycles. The Hall–Kier alpha value is -2.41. The van der Waals surface area contributed by atoms with Gasteiger partial charge in [-0.15, -0.1) is 0 Å². The molecule has 0 aliphatic carbocycles. The van der Waals surface area contributed by atoms with Crippen LogP contribution in [0.2, 0.25) is 0 Å². The van der Waals surface area contributed by atoms with Crippen LogP contribution >= 0.6 is 0 Å². The first-order valence-corrected chi connectivity index (χ1v) is 7.12. The van der Waals surface area contributed by atoms with Crippen molar-refractivity contribution >= 4 is 5.91 Å². The van der Waals surface area contributed by atoms with Gasteiger partial charge in [0.05, 0.1) is 18.1 Å². The first-order valence-electron chi connectivity index (χ1n) is 7.12. The maximum Gasteiger partial charge on any atom is 0.416 e. The predicted molar refractivity (Wildman–Crippen MR) is 79.5 cm³/mol. The molecule has 128 valence electrons. The molecule has 3 nitrogen and oxygen atoms in total. The van der Waals surface area contributed by atoms with E-state index in [0.717, 1.165) is 12.1 Å². The van der Waals surface area contributed by atoms with Crippen LogP contribution in [0.1, 0.15) is 22.8 Å². The topological polar surface area (TPSA) is 49.3 Å². The molecule has 2 N–H and O–H groups in total. The fourth-order valence-electron chi connectivity index (χ4n) is 2.07. The van der Waals surface area contributed by atoms with Gasteiger partial charge in [0.15, 0.2) is 0 Å². The highest BCUT2D eigenvalue weighted by atomic mass is 19.4. The zero-order chi connectivity index (χ0) is 17.7. The first-order chi connectivity index (χ1) is 11.3. The Morgan fingerprint density at radius 3 is 2.17 bits per heavy atom. The number of hydrogen-bond donors (Lipinski definition) is 2. The van der Waals surface area contributed by atoms with E-state index in [4.69, 9.17) is 0 Å². The second-order valence-electron chi connectivity index (χ2n) is 5.24. The fraction of sp³-hybridized carbons (Fsp3) is 0.235. The second kappa shape index (κ2) is 7.44. The number of carbonyl (C=O) groups is 1. The monoisotopic (exact) mass is 341 g/mol. The first kappa shape index (κ1) is 17.9. The average Bonchev–Trinajstić information content (AvgIpc) is 2.54. The third-order valence-electron chi connectivity index (χ3n) is 3.39. The number of aliphatic hydroxyl groups is 1. The molecular weight excluding hydrogens is 326 g/mol. The molecule has 0 aliphatic rings. The number of halogens is 4. The molecule has 7 heteroatoms. The van der Waals surface area contributed by atoms with Gasteiger partial charge in [0.25, 0.3) is 0 Å². The Labute approximate surface area is 135 Å². The molecule has 0 radical (unpaired) electrons. The van der Waals surface area contributed by atoms with Gasteiger partial charge in [-0.2, -0.15) is 13.2 Å². The summed E-state index contributed by atoms with van der Waals surface area (Å²) in [4.78, 5) is 11.8. The van der Waals surface area contributed by atoms with Crippen LogP contribution in [0.25, 0.3) is 0 Å². The molecule has 2 rings (SSSR count). The van der Waals surface area contributed by atoms with Gasteiger partial charge in [0, 0.05) is 6.54 Å². The van der Waals surface area contributed by atoms with Crippen LogP contribution in [-0.2, 0) is 17.4 Å². The van der Waals surface area contributed by atoms with Crippen molar-refractivity contribution in [2.24, 2.45) is 0 Å². The lowest BCUT2D eigenvalue weighted by atomic mass is 10.1. The molecule has 1 amide bonds. The molecule has 0 bridgehead atoms. The summed E-state index contributed by atoms with van der Waals surface area (Å²) in [5.74, 6) is -0.788. The average molecular weight is 341 g/mol. The van der Waals surface area contributed by atoms with Crippen molar-refractivity contribution in [2.45, 2.75) is 18.7 Å². The number of alkyl halides is 3. The van der Waals surface area contributed by atoms with E-state index in [-0.39, 0.29) is 24.4 Å². The van der Waals surface area contributed by atoms with Gasteiger partial charge in [-0.05, 0) is 35.4 Å². The van der Waals surface area contributed by atoms with Crippen molar-refractivity contribution < 1.29 is 27.5 Å². The molecule has 0 heterocycles. The lowest BCUT2D eigenvalue weighted by Crippen LogP contribution is -2.29. The maximum atomic E-state index is 12.8. The van der Waals surface area contributed by atoms with Crippen LogP contribution in [0.5, 0.6) is 0 Å². The van der Waals surface area contributed by atoms with Crippen LogP contribution in [0, 0.1) is 5.82 Å². The van der Waals surface area contributed by atoms with Gasteiger partial charge in [-0.3, -0.25) is 4.79 Å². The third-order valence-corrected chi connectivity index (χ3v) is 3.39. The number of carbonyl (C=O) groups excluding carboxylic acids is 1. The molecule has 0 unspecified atom stereocenters. The Bertz CT molecular complexity index is 681. The van der Waals surface area contributed by atoms with Crippen molar-refractivity contribution in [1.82, 2.24) is 5.32 Å². The summed E-state index contributed by atoms with van der Waals surface area (Å²) in [6.07, 6.45) is -5.54. The molecule has 0 saturated carbocycles. The smallest absolute Gasteiger partial charge is 0.387 e. The van der Waals surface area contributed by atoms with Crippen LogP contribution in [-0.4, -0.2) is 17.6 Å². The number of rotatable bonds is 5. The lowest BCUT2D eigenvalue weighted by Gasteiger charge is -2.14. The highest BCUT2D eigenvalue weighted by molar-refractivity contribution is 5.78. The van der Waals surface area contributed by atoms with Gasteiger partial charge in [-0.25, -0.2) is 4.39 Å². The standard InChI is InChI=1S/C17H15F4NO2/c18-14-7-1-11(2-8-14)9-16(24)22-10-15(23)12-3-5-13(6-4-12)17(19,20)21/h1-8,15,23H,9-10H2,(H,22,24)/t15-/m1/s1. The van der Waals surface area contributed by atoms with Gasteiger partial charge in [0.2, 0.25) is 5.91 Å². The summed E-state index contributed by atoms with van der Waals surface area (Å²) in [5.41, 5.74) is 0.0711. The van der Waals surface area contributed by atoms with Crippen LogP contribution in [0.3, 0.4) is 0 Å². The van der Waals surface area contributed by atoms with Crippen molar-refractivity contribution in [3.05, 3.63) is 71.0 Å². The Morgan fingerprint density at radius 2 is 1.62 bits per heavy atom. The van der Waals surface area contributed by atoms with E-state index < -0.39 is 23.7 Å². The van der Waals surface area contributed by atoms with E-state index in [9.17, 15) is 27.5 Å². The molecule has 0 spiro atoms. The minimum absolute atomic E-state index is 0.0139. The summed E-state index contributed by atoms with van der Waals surface area (Å²) in [6, 6.07) is 9.50. The van der Waals surface area contributed by atoms with E-state index >= 15 is 0 Å². The van der Waals surface area contributed by atoms with Gasteiger partial charge < -0.3 is 10.4 Å². The second-order valence-corrected chi connectivity index (χ2v) is 5.24. The van der Waals surface area contributed by atoms with E-state index in [1.54, 1.807) is 0 Å². The molecule has 0 aromatic heterocycles. The molecule has 0 saturated heterocycles. The molecule has 24 heavy (non-hydrogen) atoms. The zero-order valence-corrected chi connectivity index (χ0v) is 12.5. The maximum absolute atomic E-state index is 12.8. The van der Waals surface area contributed by atoms with E-state index in [1.165, 1.54) is 36.4 Å². The number of aliphatic hydroxyl groups excluding tert-OH is 1. The van der Waals surface area contributed by atoms with Crippen molar-refractivity contribution in [3.63, 3.8) is 0 Å². The molecule has 0 aliphatic heterocycles. The third kappa shape index (κ3) is 5.06. The quantitative estimate of drug-likeness (QED) is 0.821. The van der Waals surface area contributed by atoms with Crippen molar-refractivity contribution in [3.8, 4) is 0 Å². The largest absolute Gasteiger partial charge is 0.416 e. The summed E-state index contributed by atoms with van der Waals surface area (Å²) < 4.78 is 50.2. The van der Waals surface area contributed by atoms with E-state index in [0.29, 0.717) is 5.56 Å². The molecular formula is C17H15F4NO2. The van der Waals surface area contributed by atoms with Crippen molar-refractivity contribution in [1.29, 1.82) is 0 Å². The Balaban J connectivity index is 1.87. The lowest BCUT2D eigenvalue weighted by molar-refractivity contribution is -0.137. The number of nitrogens with one attached hydrogen (secondary N) is 1. The number of benzene rings is 2. The van der Waals surface area contributed by atoms with Crippen LogP contribution in [0.15, 0.2) is 48.5 Å². The minimum Gasteiger partial charge on any atom is -0.387 e. The summed E-state index contributed by atoms with van der Waals surface area (Å²) in [5, 5.41) is 12.4. The normalized spacial score (nSPS) is 12.7. The van der Waals surface area contributed by atoms with E-state index in [2.05, 4.69) is 5.32 Å². The number of hydrogen-bond acceptors (Lipinski definition) is 2. The van der Waals surface area contributed by atoms with Crippen LogP contribution in [0.4, 0.5) is 17.6 Å². The van der Waals surface area contributed by atoms with Crippen molar-refractivity contribution in [2.75, 3.05) is 6.54 Å². The predicted octanol–water partition coefficient (Wildman–Crippen LogP) is 3.24. The summed E-state index contributed by atoms with van der Waals surface area (Å²) >= 11 is 0.